The number of fused-ring (bicyclic) bond motifs is 1. The van der Waals surface area contributed by atoms with Gasteiger partial charge in [-0.3, -0.25) is 9.69 Å². The Morgan fingerprint density at radius 1 is 1.07 bits per heavy atom. The Bertz CT molecular complexity index is 1000. The van der Waals surface area contributed by atoms with Gasteiger partial charge in [0.15, 0.2) is 0 Å². The predicted molar refractivity (Wildman–Crippen MR) is 120 cm³/mol. The molecule has 2 saturated heterocycles. The minimum atomic E-state index is -0.0409. The highest BCUT2D eigenvalue weighted by Gasteiger charge is 2.30. The third kappa shape index (κ3) is 3.79. The summed E-state index contributed by atoms with van der Waals surface area (Å²) in [7, 11) is 0. The largest absolute Gasteiger partial charge is 0.344 e. The summed E-state index contributed by atoms with van der Waals surface area (Å²) in [5.41, 5.74) is 1.93. The fourth-order valence-electron chi connectivity index (χ4n) is 4.24. The summed E-state index contributed by atoms with van der Waals surface area (Å²) in [6, 6.07) is 7.65. The first-order chi connectivity index (χ1) is 14.6. The second-order valence-corrected chi connectivity index (χ2v) is 9.35. The van der Waals surface area contributed by atoms with Crippen molar-refractivity contribution in [3.8, 4) is 11.3 Å². The summed E-state index contributed by atoms with van der Waals surface area (Å²) in [6.45, 7) is 7.38. The van der Waals surface area contributed by atoms with E-state index in [4.69, 9.17) is 21.7 Å². The molecule has 5 rings (SSSR count). The first-order valence-electron chi connectivity index (χ1n) is 10.5. The minimum Gasteiger partial charge on any atom is -0.344 e. The maximum absolute atomic E-state index is 12.7. The van der Waals surface area contributed by atoms with E-state index in [2.05, 4.69) is 9.80 Å². The lowest BCUT2D eigenvalue weighted by atomic mass is 10.2. The Kier molecular flexibility index (Phi) is 5.39. The number of amides is 1. The maximum atomic E-state index is 12.7. The van der Waals surface area contributed by atoms with E-state index in [-0.39, 0.29) is 11.9 Å². The van der Waals surface area contributed by atoms with Crippen molar-refractivity contribution in [1.82, 2.24) is 24.4 Å². The van der Waals surface area contributed by atoms with E-state index >= 15 is 0 Å². The van der Waals surface area contributed by atoms with Crippen LogP contribution in [0.5, 0.6) is 0 Å². The first kappa shape index (κ1) is 19.8. The summed E-state index contributed by atoms with van der Waals surface area (Å²) < 4.78 is 1.86. The lowest BCUT2D eigenvalue weighted by Gasteiger charge is -2.38. The number of carbonyl (C=O) groups is 1. The van der Waals surface area contributed by atoms with Crippen molar-refractivity contribution >= 4 is 38.9 Å². The number of hydrogen-bond donors (Lipinski definition) is 0. The van der Waals surface area contributed by atoms with Crippen LogP contribution in [0.3, 0.4) is 0 Å². The van der Waals surface area contributed by atoms with Crippen LogP contribution < -0.4 is 4.90 Å². The first-order valence-corrected chi connectivity index (χ1v) is 11.7. The number of halogens is 1. The van der Waals surface area contributed by atoms with Crippen LogP contribution in [-0.2, 0) is 4.79 Å². The van der Waals surface area contributed by atoms with Gasteiger partial charge in [-0.1, -0.05) is 35.1 Å². The molecule has 2 aromatic heterocycles. The van der Waals surface area contributed by atoms with Crippen LogP contribution in [-0.4, -0.2) is 75.6 Å². The molecule has 0 spiro atoms. The number of nitrogens with zero attached hydrogens (tertiary/aromatic N) is 6. The van der Waals surface area contributed by atoms with Gasteiger partial charge in [0.1, 0.15) is 0 Å². The number of imidazole rings is 1. The molecule has 3 aromatic rings. The van der Waals surface area contributed by atoms with E-state index < -0.39 is 0 Å². The third-order valence-electron chi connectivity index (χ3n) is 6.08. The molecule has 2 fully saturated rings. The molecule has 1 aromatic carbocycles. The van der Waals surface area contributed by atoms with Crippen LogP contribution >= 0.6 is 22.9 Å². The lowest BCUT2D eigenvalue weighted by molar-refractivity contribution is -0.135. The normalized spacial score (nSPS) is 19.0. The molecule has 0 radical (unpaired) electrons. The van der Waals surface area contributed by atoms with Gasteiger partial charge in [-0.15, -0.1) is 5.10 Å². The van der Waals surface area contributed by atoms with E-state index in [0.717, 1.165) is 78.5 Å². The summed E-state index contributed by atoms with van der Waals surface area (Å²) in [6.07, 6.45) is 4.24. The molecule has 1 amide bonds. The van der Waals surface area contributed by atoms with Gasteiger partial charge in [-0.05, 0) is 31.9 Å². The van der Waals surface area contributed by atoms with Gasteiger partial charge in [0, 0.05) is 49.9 Å². The highest BCUT2D eigenvalue weighted by atomic mass is 35.5. The smallest absolute Gasteiger partial charge is 0.239 e. The Morgan fingerprint density at radius 2 is 1.77 bits per heavy atom. The molecule has 0 saturated carbocycles. The molecule has 158 valence electrons. The van der Waals surface area contributed by atoms with Crippen molar-refractivity contribution in [3.63, 3.8) is 0 Å². The van der Waals surface area contributed by atoms with Crippen LogP contribution in [0.2, 0.25) is 5.02 Å². The standard InChI is InChI=1S/C21H25ClN6OS/c1-15(19(29)26-8-2-3-9-26)25-10-12-27(13-11-25)21-24-28-14-18(23-20(28)30-21)16-4-6-17(22)7-5-16/h4-7,14-15H,2-3,8-13H2,1H3. The van der Waals surface area contributed by atoms with Crippen LogP contribution in [0, 0.1) is 0 Å². The SMILES string of the molecule is CC(C(=O)N1CCCC1)N1CCN(c2nn3cc(-c4ccc(Cl)cc4)nc3s2)CC1. The van der Waals surface area contributed by atoms with Crippen LogP contribution in [0.1, 0.15) is 19.8 Å². The van der Waals surface area contributed by atoms with Crippen molar-refractivity contribution in [2.75, 3.05) is 44.2 Å². The zero-order chi connectivity index (χ0) is 20.7. The molecular formula is C21H25ClN6OS. The van der Waals surface area contributed by atoms with Crippen molar-refractivity contribution in [2.45, 2.75) is 25.8 Å². The molecule has 1 atom stereocenters. The number of likely N-dealkylation sites (tertiary alicyclic amines) is 1. The monoisotopic (exact) mass is 444 g/mol. The Balaban J connectivity index is 1.23. The van der Waals surface area contributed by atoms with E-state index in [0.29, 0.717) is 0 Å². The molecular weight excluding hydrogens is 420 g/mol. The average Bonchev–Trinajstić information content (AvgIpc) is 3.50. The number of hydrogen-bond acceptors (Lipinski definition) is 6. The summed E-state index contributed by atoms with van der Waals surface area (Å²) in [4.78, 5) is 24.9. The van der Waals surface area contributed by atoms with E-state index in [9.17, 15) is 4.79 Å². The van der Waals surface area contributed by atoms with E-state index in [1.807, 2.05) is 46.8 Å². The van der Waals surface area contributed by atoms with Crippen LogP contribution in [0.15, 0.2) is 30.5 Å². The van der Waals surface area contributed by atoms with Crippen molar-refractivity contribution in [3.05, 3.63) is 35.5 Å². The summed E-state index contributed by atoms with van der Waals surface area (Å²) in [5, 5.41) is 6.45. The fourth-order valence-corrected chi connectivity index (χ4v) is 5.30. The Morgan fingerprint density at radius 3 is 2.43 bits per heavy atom. The molecule has 0 aliphatic carbocycles. The molecule has 4 heterocycles. The fraction of sp³-hybridized carbons (Fsp3) is 0.476. The van der Waals surface area contributed by atoms with Gasteiger partial charge in [0.2, 0.25) is 16.0 Å². The Labute approximate surface area is 184 Å². The van der Waals surface area contributed by atoms with Crippen molar-refractivity contribution < 1.29 is 4.79 Å². The molecule has 7 nitrogen and oxygen atoms in total. The minimum absolute atomic E-state index is 0.0409. The summed E-state index contributed by atoms with van der Waals surface area (Å²) in [5.74, 6) is 0.281. The molecule has 9 heteroatoms. The maximum Gasteiger partial charge on any atom is 0.239 e. The number of anilines is 1. The number of benzene rings is 1. The zero-order valence-corrected chi connectivity index (χ0v) is 18.6. The van der Waals surface area contributed by atoms with Gasteiger partial charge < -0.3 is 9.80 Å². The molecule has 2 aliphatic rings. The summed E-state index contributed by atoms with van der Waals surface area (Å²) >= 11 is 7.58. The van der Waals surface area contributed by atoms with Gasteiger partial charge >= 0.3 is 0 Å². The lowest BCUT2D eigenvalue weighted by Crippen LogP contribution is -2.54. The number of aromatic nitrogens is 3. The van der Waals surface area contributed by atoms with Crippen molar-refractivity contribution in [1.29, 1.82) is 0 Å². The van der Waals surface area contributed by atoms with Gasteiger partial charge in [0.25, 0.3) is 0 Å². The predicted octanol–water partition coefficient (Wildman–Crippen LogP) is 3.24. The van der Waals surface area contributed by atoms with Gasteiger partial charge in [-0.2, -0.15) is 0 Å². The average molecular weight is 445 g/mol. The highest BCUT2D eigenvalue weighted by molar-refractivity contribution is 7.20. The van der Waals surface area contributed by atoms with E-state index in [1.54, 1.807) is 11.3 Å². The van der Waals surface area contributed by atoms with Gasteiger partial charge in [-0.25, -0.2) is 9.50 Å². The Hall–Kier alpha value is -2.16. The molecule has 2 aliphatic heterocycles. The molecule has 1 unspecified atom stereocenters. The molecule has 30 heavy (non-hydrogen) atoms. The van der Waals surface area contributed by atoms with Crippen LogP contribution in [0.25, 0.3) is 16.2 Å². The quantitative estimate of drug-likeness (QED) is 0.618. The second-order valence-electron chi connectivity index (χ2n) is 7.98. The molecule has 0 N–H and O–H groups in total. The topological polar surface area (TPSA) is 57.0 Å². The van der Waals surface area contributed by atoms with Crippen molar-refractivity contribution in [2.24, 2.45) is 0 Å². The van der Waals surface area contributed by atoms with Gasteiger partial charge in [0.05, 0.1) is 17.9 Å². The zero-order valence-electron chi connectivity index (χ0n) is 17.0. The highest BCUT2D eigenvalue weighted by Crippen LogP contribution is 2.28. The second kappa shape index (κ2) is 8.17. The number of piperazine rings is 1. The third-order valence-corrected chi connectivity index (χ3v) is 7.32. The van der Waals surface area contributed by atoms with E-state index in [1.165, 1.54) is 0 Å². The van der Waals surface area contributed by atoms with Crippen LogP contribution in [0.4, 0.5) is 5.13 Å². The number of carbonyl (C=O) groups excluding carboxylic acids is 1. The number of rotatable bonds is 4. The molecule has 0 bridgehead atoms.